The lowest BCUT2D eigenvalue weighted by molar-refractivity contribution is 0.111. The van der Waals surface area contributed by atoms with Crippen LogP contribution in [0.15, 0.2) is 60.7 Å². The van der Waals surface area contributed by atoms with Gasteiger partial charge in [0.25, 0.3) is 0 Å². The molecule has 2 aromatic carbocycles. The van der Waals surface area contributed by atoms with Crippen LogP contribution in [0.1, 0.15) is 17.2 Å². The second kappa shape index (κ2) is 9.78. The van der Waals surface area contributed by atoms with Crippen molar-refractivity contribution in [1.82, 2.24) is 10.6 Å². The molecule has 0 saturated heterocycles. The molecule has 0 fully saturated rings. The number of aliphatic hydroxyl groups is 2. The molecule has 6 heteroatoms. The highest BCUT2D eigenvalue weighted by molar-refractivity contribution is 5.65. The van der Waals surface area contributed by atoms with Crippen LogP contribution in [0.5, 0.6) is 0 Å². The molecule has 0 heterocycles. The molecule has 0 saturated carbocycles. The van der Waals surface area contributed by atoms with E-state index in [9.17, 15) is 15.0 Å². The van der Waals surface area contributed by atoms with Gasteiger partial charge in [-0.1, -0.05) is 60.7 Å². The van der Waals surface area contributed by atoms with Crippen LogP contribution in [0.4, 0.5) is 4.79 Å². The predicted octanol–water partition coefficient (Wildman–Crippen LogP) is 1.55. The number of benzene rings is 2. The fourth-order valence-electron chi connectivity index (χ4n) is 2.69. The number of carbonyl (C=O) groups is 1. The molecule has 2 rings (SSSR count). The zero-order chi connectivity index (χ0) is 18.1. The molecule has 3 atom stereocenters. The van der Waals surface area contributed by atoms with Gasteiger partial charge < -0.3 is 26.0 Å². The summed E-state index contributed by atoms with van der Waals surface area (Å²) in [6.45, 7) is 0.0321. The normalized spacial score (nSPS) is 14.5. The van der Waals surface area contributed by atoms with Gasteiger partial charge in [0.15, 0.2) is 0 Å². The second-order valence-electron chi connectivity index (χ2n) is 5.87. The van der Waals surface area contributed by atoms with Crippen molar-refractivity contribution < 1.29 is 20.1 Å². The van der Waals surface area contributed by atoms with Crippen molar-refractivity contribution in [3.8, 4) is 0 Å². The molecule has 0 aliphatic heterocycles. The summed E-state index contributed by atoms with van der Waals surface area (Å²) in [6.07, 6.45) is -1.73. The van der Waals surface area contributed by atoms with E-state index in [1.54, 1.807) is 0 Å². The Hall–Kier alpha value is -2.41. The van der Waals surface area contributed by atoms with E-state index in [0.29, 0.717) is 6.42 Å². The summed E-state index contributed by atoms with van der Waals surface area (Å²) in [7, 11) is 0. The number of carboxylic acid groups (broad SMARTS) is 1. The number of hydrogen-bond acceptors (Lipinski definition) is 4. The maximum absolute atomic E-state index is 11.0. The number of nitrogens with one attached hydrogen (secondary N) is 2. The molecule has 0 unspecified atom stereocenters. The zero-order valence-electron chi connectivity index (χ0n) is 13.9. The first-order valence-corrected chi connectivity index (χ1v) is 8.20. The van der Waals surface area contributed by atoms with Crippen molar-refractivity contribution in [2.45, 2.75) is 24.6 Å². The van der Waals surface area contributed by atoms with E-state index in [2.05, 4.69) is 10.6 Å². The van der Waals surface area contributed by atoms with Crippen LogP contribution in [0.3, 0.4) is 0 Å². The van der Waals surface area contributed by atoms with Crippen molar-refractivity contribution in [3.05, 3.63) is 71.8 Å². The Morgan fingerprint density at radius 3 is 2.16 bits per heavy atom. The third kappa shape index (κ3) is 6.19. The number of rotatable bonds is 9. The molecule has 0 radical (unpaired) electrons. The summed E-state index contributed by atoms with van der Waals surface area (Å²) in [5.41, 5.74) is 1.84. The van der Waals surface area contributed by atoms with Gasteiger partial charge in [0.2, 0.25) is 0 Å². The summed E-state index contributed by atoms with van der Waals surface area (Å²) < 4.78 is 0. The summed E-state index contributed by atoms with van der Waals surface area (Å²) >= 11 is 0. The number of aliphatic hydroxyl groups excluding tert-OH is 2. The van der Waals surface area contributed by atoms with Crippen LogP contribution in [-0.4, -0.2) is 46.7 Å². The molecule has 5 N–H and O–H groups in total. The average Bonchev–Trinajstić information content (AvgIpc) is 2.63. The highest BCUT2D eigenvalue weighted by Crippen LogP contribution is 2.12. The first-order chi connectivity index (χ1) is 12.1. The Morgan fingerprint density at radius 1 is 1.00 bits per heavy atom. The Bertz CT molecular complexity index is 636. The van der Waals surface area contributed by atoms with E-state index < -0.39 is 18.2 Å². The molecule has 0 spiro atoms. The fourth-order valence-corrected chi connectivity index (χ4v) is 2.69. The summed E-state index contributed by atoms with van der Waals surface area (Å²) in [4.78, 5) is 11.0. The molecular formula is C19H24N2O4. The van der Waals surface area contributed by atoms with Crippen LogP contribution in [-0.2, 0) is 6.42 Å². The number of amides is 1. The van der Waals surface area contributed by atoms with Crippen molar-refractivity contribution in [2.24, 2.45) is 0 Å². The molecule has 0 aliphatic rings. The molecule has 2 aromatic rings. The van der Waals surface area contributed by atoms with Crippen LogP contribution in [0.25, 0.3) is 0 Å². The third-order valence-electron chi connectivity index (χ3n) is 4.03. The topological polar surface area (TPSA) is 102 Å². The largest absolute Gasteiger partial charge is 0.465 e. The highest BCUT2D eigenvalue weighted by atomic mass is 16.4. The van der Waals surface area contributed by atoms with Gasteiger partial charge >= 0.3 is 6.09 Å². The average molecular weight is 344 g/mol. The van der Waals surface area contributed by atoms with Gasteiger partial charge in [0.05, 0.1) is 24.8 Å². The predicted molar refractivity (Wildman–Crippen MR) is 95.4 cm³/mol. The van der Waals surface area contributed by atoms with Gasteiger partial charge in [0.1, 0.15) is 0 Å². The summed E-state index contributed by atoms with van der Waals surface area (Å²) in [5.74, 6) is 0. The van der Waals surface area contributed by atoms with Crippen molar-refractivity contribution in [3.63, 3.8) is 0 Å². The maximum atomic E-state index is 11.0. The highest BCUT2D eigenvalue weighted by Gasteiger charge is 2.22. The first-order valence-electron chi connectivity index (χ1n) is 8.20. The van der Waals surface area contributed by atoms with Crippen LogP contribution in [0.2, 0.25) is 0 Å². The molecule has 0 aliphatic carbocycles. The van der Waals surface area contributed by atoms with Gasteiger partial charge in [-0.3, -0.25) is 0 Å². The Morgan fingerprint density at radius 2 is 1.60 bits per heavy atom. The van der Waals surface area contributed by atoms with Crippen LogP contribution < -0.4 is 10.6 Å². The smallest absolute Gasteiger partial charge is 0.404 e. The SMILES string of the molecule is O=C(O)N[C@@H](Cc1ccccc1)[C@H](O)CN[C@H](CO)c1ccccc1. The lowest BCUT2D eigenvalue weighted by Crippen LogP contribution is -2.49. The molecule has 0 aromatic heterocycles. The molecule has 25 heavy (non-hydrogen) atoms. The van der Waals surface area contributed by atoms with E-state index in [1.165, 1.54) is 0 Å². The zero-order valence-corrected chi connectivity index (χ0v) is 13.9. The van der Waals surface area contributed by atoms with Gasteiger partial charge in [-0.25, -0.2) is 4.79 Å². The van der Waals surface area contributed by atoms with Crippen molar-refractivity contribution in [1.29, 1.82) is 0 Å². The number of hydrogen-bond donors (Lipinski definition) is 5. The monoisotopic (exact) mass is 344 g/mol. The summed E-state index contributed by atoms with van der Waals surface area (Å²) in [5, 5.41) is 34.5. The molecular weight excluding hydrogens is 320 g/mol. The van der Waals surface area contributed by atoms with E-state index in [-0.39, 0.29) is 19.2 Å². The van der Waals surface area contributed by atoms with Gasteiger partial charge in [-0.15, -0.1) is 0 Å². The molecule has 0 bridgehead atoms. The van der Waals surface area contributed by atoms with E-state index in [1.807, 2.05) is 60.7 Å². The van der Waals surface area contributed by atoms with Crippen molar-refractivity contribution >= 4 is 6.09 Å². The maximum Gasteiger partial charge on any atom is 0.404 e. The van der Waals surface area contributed by atoms with E-state index in [4.69, 9.17) is 5.11 Å². The molecule has 6 nitrogen and oxygen atoms in total. The lowest BCUT2D eigenvalue weighted by atomic mass is 10.0. The minimum Gasteiger partial charge on any atom is -0.465 e. The quantitative estimate of drug-likeness (QED) is 0.475. The first kappa shape index (κ1) is 18.9. The fraction of sp³-hybridized carbons (Fsp3) is 0.316. The summed E-state index contributed by atoms with van der Waals surface area (Å²) in [6, 6.07) is 17.8. The van der Waals surface area contributed by atoms with Gasteiger partial charge in [-0.2, -0.15) is 0 Å². The Balaban J connectivity index is 1.98. The van der Waals surface area contributed by atoms with Crippen LogP contribution >= 0.6 is 0 Å². The van der Waals surface area contributed by atoms with Crippen molar-refractivity contribution in [2.75, 3.05) is 13.2 Å². The second-order valence-corrected chi connectivity index (χ2v) is 5.87. The third-order valence-corrected chi connectivity index (χ3v) is 4.03. The van der Waals surface area contributed by atoms with E-state index >= 15 is 0 Å². The van der Waals surface area contributed by atoms with E-state index in [0.717, 1.165) is 11.1 Å². The lowest BCUT2D eigenvalue weighted by Gasteiger charge is -2.25. The Labute approximate surface area is 147 Å². The minimum atomic E-state index is -1.18. The molecule has 134 valence electrons. The molecule has 1 amide bonds. The minimum absolute atomic E-state index is 0.119. The Kier molecular flexibility index (Phi) is 7.40. The standard InChI is InChI=1S/C19H24N2O4/c22-13-17(15-9-5-2-6-10-15)20-12-18(23)16(21-19(24)25)11-14-7-3-1-4-8-14/h1-10,16-18,20-23H,11-13H2,(H,24,25)/t16-,17+,18+/m0/s1. The van der Waals surface area contributed by atoms with Gasteiger partial charge in [-0.05, 0) is 17.5 Å². The van der Waals surface area contributed by atoms with Gasteiger partial charge in [0, 0.05) is 6.54 Å². The van der Waals surface area contributed by atoms with Crippen LogP contribution in [0, 0.1) is 0 Å².